The van der Waals surface area contributed by atoms with E-state index in [0.717, 1.165) is 19.4 Å². The predicted molar refractivity (Wildman–Crippen MR) is 82.4 cm³/mol. The zero-order chi connectivity index (χ0) is 16.3. The quantitative estimate of drug-likeness (QED) is 0.854. The van der Waals surface area contributed by atoms with Gasteiger partial charge in [-0.15, -0.1) is 0 Å². The standard InChI is InChI=1S/C14H19ClN6O/c1-9-14(5-4-6-17-9,20-13(22)21(2)3)11-8-18-10(7-16)12(15)19-11/h8-9,17H,4-6H2,1-3H3,(H,20,22)/t9-,14-/m1/s1. The number of halogens is 1. The zero-order valence-electron chi connectivity index (χ0n) is 12.9. The fourth-order valence-electron chi connectivity index (χ4n) is 2.62. The third-order valence-electron chi connectivity index (χ3n) is 3.97. The molecule has 0 aliphatic carbocycles. The Hall–Kier alpha value is -1.91. The first-order chi connectivity index (χ1) is 10.4. The Morgan fingerprint density at radius 1 is 1.64 bits per heavy atom. The van der Waals surface area contributed by atoms with Gasteiger partial charge in [0.25, 0.3) is 0 Å². The molecule has 2 rings (SSSR count). The lowest BCUT2D eigenvalue weighted by Crippen LogP contribution is -2.62. The van der Waals surface area contributed by atoms with E-state index in [4.69, 9.17) is 16.9 Å². The zero-order valence-corrected chi connectivity index (χ0v) is 13.6. The molecule has 2 N–H and O–H groups in total. The molecule has 7 nitrogen and oxygen atoms in total. The van der Waals surface area contributed by atoms with E-state index in [9.17, 15) is 4.79 Å². The minimum atomic E-state index is -0.704. The molecule has 1 fully saturated rings. The lowest BCUT2D eigenvalue weighted by molar-refractivity contribution is 0.161. The molecule has 1 aromatic heterocycles. The molecule has 1 aromatic rings. The maximum absolute atomic E-state index is 12.2. The lowest BCUT2D eigenvalue weighted by Gasteiger charge is -2.43. The van der Waals surface area contributed by atoms with E-state index >= 15 is 0 Å². The second-order valence-corrected chi connectivity index (χ2v) is 5.94. The summed E-state index contributed by atoms with van der Waals surface area (Å²) >= 11 is 6.02. The van der Waals surface area contributed by atoms with Gasteiger partial charge in [-0.25, -0.2) is 14.8 Å². The summed E-state index contributed by atoms with van der Waals surface area (Å²) in [5, 5.41) is 15.4. The highest BCUT2D eigenvalue weighted by Gasteiger charge is 2.43. The Bertz CT molecular complexity index is 614. The van der Waals surface area contributed by atoms with Crippen LogP contribution in [0.3, 0.4) is 0 Å². The van der Waals surface area contributed by atoms with Crippen LogP contribution in [0.4, 0.5) is 4.79 Å². The van der Waals surface area contributed by atoms with Crippen molar-refractivity contribution in [2.75, 3.05) is 20.6 Å². The molecule has 1 saturated heterocycles. The van der Waals surface area contributed by atoms with Crippen LogP contribution in [-0.4, -0.2) is 47.6 Å². The number of piperidine rings is 1. The molecule has 2 heterocycles. The fourth-order valence-corrected chi connectivity index (χ4v) is 2.80. The van der Waals surface area contributed by atoms with Crippen molar-refractivity contribution in [3.8, 4) is 6.07 Å². The smallest absolute Gasteiger partial charge is 0.317 e. The van der Waals surface area contributed by atoms with Crippen LogP contribution >= 0.6 is 11.6 Å². The van der Waals surface area contributed by atoms with E-state index in [2.05, 4.69) is 20.6 Å². The van der Waals surface area contributed by atoms with Crippen LogP contribution in [0, 0.1) is 11.3 Å². The van der Waals surface area contributed by atoms with Gasteiger partial charge in [0.15, 0.2) is 10.8 Å². The van der Waals surface area contributed by atoms with Crippen molar-refractivity contribution in [3.05, 3.63) is 22.7 Å². The highest BCUT2D eigenvalue weighted by Crippen LogP contribution is 2.32. The maximum atomic E-state index is 12.2. The van der Waals surface area contributed by atoms with Crippen molar-refractivity contribution in [2.24, 2.45) is 0 Å². The molecule has 0 radical (unpaired) electrons. The molecular weight excluding hydrogens is 304 g/mol. The van der Waals surface area contributed by atoms with Gasteiger partial charge in [0, 0.05) is 20.1 Å². The second kappa shape index (κ2) is 6.46. The number of carbonyl (C=O) groups excluding carboxylic acids is 1. The normalized spacial score (nSPS) is 24.4. The largest absolute Gasteiger partial charge is 0.331 e. The number of aromatic nitrogens is 2. The summed E-state index contributed by atoms with van der Waals surface area (Å²) < 4.78 is 0. The van der Waals surface area contributed by atoms with Crippen molar-refractivity contribution in [1.29, 1.82) is 5.26 Å². The monoisotopic (exact) mass is 322 g/mol. The number of hydrogen-bond donors (Lipinski definition) is 2. The Morgan fingerprint density at radius 2 is 2.36 bits per heavy atom. The van der Waals surface area contributed by atoms with Gasteiger partial charge in [-0.2, -0.15) is 5.26 Å². The number of amides is 2. The van der Waals surface area contributed by atoms with Crippen molar-refractivity contribution in [3.63, 3.8) is 0 Å². The van der Waals surface area contributed by atoms with Gasteiger partial charge in [0.2, 0.25) is 0 Å². The number of rotatable bonds is 2. The second-order valence-electron chi connectivity index (χ2n) is 5.58. The molecule has 2 amide bonds. The molecule has 8 heteroatoms. The Labute approximate surface area is 134 Å². The number of nitriles is 1. The number of nitrogens with one attached hydrogen (secondary N) is 2. The molecular formula is C14H19ClN6O. The van der Waals surface area contributed by atoms with Crippen LogP contribution in [0.5, 0.6) is 0 Å². The Balaban J connectivity index is 2.46. The minimum absolute atomic E-state index is 0.0385. The average molecular weight is 323 g/mol. The third-order valence-corrected chi connectivity index (χ3v) is 4.23. The van der Waals surface area contributed by atoms with Crippen LogP contribution in [-0.2, 0) is 5.54 Å². The van der Waals surface area contributed by atoms with Crippen LogP contribution in [0.15, 0.2) is 6.20 Å². The van der Waals surface area contributed by atoms with E-state index in [1.165, 1.54) is 11.1 Å². The molecule has 22 heavy (non-hydrogen) atoms. The van der Waals surface area contributed by atoms with Gasteiger partial charge >= 0.3 is 6.03 Å². The Morgan fingerprint density at radius 3 is 2.91 bits per heavy atom. The predicted octanol–water partition coefficient (Wildman–Crippen LogP) is 1.24. The molecule has 0 saturated carbocycles. The summed E-state index contributed by atoms with van der Waals surface area (Å²) in [5.41, 5.74) is -0.0631. The first-order valence-electron chi connectivity index (χ1n) is 7.06. The average Bonchev–Trinajstić information content (AvgIpc) is 2.49. The summed E-state index contributed by atoms with van der Waals surface area (Å²) in [4.78, 5) is 22.0. The van der Waals surface area contributed by atoms with Crippen molar-refractivity contribution < 1.29 is 4.79 Å². The van der Waals surface area contributed by atoms with Gasteiger partial charge in [-0.05, 0) is 26.3 Å². The molecule has 1 aliphatic rings. The van der Waals surface area contributed by atoms with E-state index in [1.54, 1.807) is 14.1 Å². The van der Waals surface area contributed by atoms with E-state index in [-0.39, 0.29) is 22.9 Å². The Kier molecular flexibility index (Phi) is 4.84. The van der Waals surface area contributed by atoms with E-state index in [1.807, 2.05) is 13.0 Å². The van der Waals surface area contributed by atoms with Crippen LogP contribution in [0.2, 0.25) is 5.15 Å². The van der Waals surface area contributed by atoms with Crippen molar-refractivity contribution >= 4 is 17.6 Å². The summed E-state index contributed by atoms with van der Waals surface area (Å²) in [5.74, 6) is 0. The summed E-state index contributed by atoms with van der Waals surface area (Å²) in [6, 6.07) is 1.64. The fraction of sp³-hybridized carbons (Fsp3) is 0.571. The SMILES string of the molecule is C[C@H]1NCCC[C@]1(NC(=O)N(C)C)c1cnc(C#N)c(Cl)n1. The number of nitrogens with zero attached hydrogens (tertiary/aromatic N) is 4. The maximum Gasteiger partial charge on any atom is 0.317 e. The molecule has 0 aromatic carbocycles. The molecule has 118 valence electrons. The van der Waals surface area contributed by atoms with E-state index < -0.39 is 5.54 Å². The highest BCUT2D eigenvalue weighted by atomic mass is 35.5. The van der Waals surface area contributed by atoms with Crippen molar-refractivity contribution in [1.82, 2.24) is 25.5 Å². The number of hydrogen-bond acceptors (Lipinski definition) is 5. The van der Waals surface area contributed by atoms with E-state index in [0.29, 0.717) is 5.69 Å². The molecule has 0 spiro atoms. The van der Waals surface area contributed by atoms with Crippen LogP contribution in [0.25, 0.3) is 0 Å². The van der Waals surface area contributed by atoms with Gasteiger partial charge in [-0.3, -0.25) is 0 Å². The van der Waals surface area contributed by atoms with Crippen LogP contribution < -0.4 is 10.6 Å². The van der Waals surface area contributed by atoms with Gasteiger partial charge in [0.1, 0.15) is 11.6 Å². The highest BCUT2D eigenvalue weighted by molar-refractivity contribution is 6.30. The minimum Gasteiger partial charge on any atom is -0.331 e. The number of carbonyl (C=O) groups is 1. The first-order valence-corrected chi connectivity index (χ1v) is 7.44. The molecule has 2 atom stereocenters. The summed E-state index contributed by atoms with van der Waals surface area (Å²) in [7, 11) is 3.36. The molecule has 0 unspecified atom stereocenters. The van der Waals surface area contributed by atoms with Crippen LogP contribution in [0.1, 0.15) is 31.2 Å². The summed E-state index contributed by atoms with van der Waals surface area (Å²) in [6.07, 6.45) is 3.12. The van der Waals surface area contributed by atoms with Gasteiger partial charge in [0.05, 0.1) is 11.9 Å². The van der Waals surface area contributed by atoms with Gasteiger partial charge < -0.3 is 15.5 Å². The van der Waals surface area contributed by atoms with Crippen molar-refractivity contribution in [2.45, 2.75) is 31.3 Å². The summed E-state index contributed by atoms with van der Waals surface area (Å²) in [6.45, 7) is 2.86. The lowest BCUT2D eigenvalue weighted by atomic mass is 9.80. The molecule has 0 bridgehead atoms. The first kappa shape index (κ1) is 16.5. The third kappa shape index (κ3) is 2.98. The molecule has 1 aliphatic heterocycles. The van der Waals surface area contributed by atoms with Gasteiger partial charge in [-0.1, -0.05) is 11.6 Å². The number of urea groups is 1. The topological polar surface area (TPSA) is 93.9 Å².